The van der Waals surface area contributed by atoms with Crippen molar-refractivity contribution in [3.8, 4) is 10.6 Å². The van der Waals surface area contributed by atoms with E-state index in [1.807, 2.05) is 12.1 Å². The molecule has 3 rings (SSSR count). The fourth-order valence-electron chi connectivity index (χ4n) is 2.50. The highest BCUT2D eigenvalue weighted by molar-refractivity contribution is 7.18. The van der Waals surface area contributed by atoms with E-state index in [1.165, 1.54) is 16.9 Å². The molecule has 1 aliphatic carbocycles. The zero-order valence-electron chi connectivity index (χ0n) is 13.5. The maximum absolute atomic E-state index is 12.6. The first-order valence-electron chi connectivity index (χ1n) is 7.90. The third-order valence-electron chi connectivity index (χ3n) is 4.18. The van der Waals surface area contributed by atoms with E-state index < -0.39 is 0 Å². The van der Waals surface area contributed by atoms with Gasteiger partial charge in [-0.2, -0.15) is 0 Å². The van der Waals surface area contributed by atoms with Gasteiger partial charge in [0.2, 0.25) is 11.0 Å². The van der Waals surface area contributed by atoms with Crippen LogP contribution in [0.25, 0.3) is 10.6 Å². The van der Waals surface area contributed by atoms with Gasteiger partial charge in [-0.3, -0.25) is 9.69 Å². The summed E-state index contributed by atoms with van der Waals surface area (Å²) in [5.74, 6) is 0.290. The minimum Gasteiger partial charge on any atom is -0.383 e. The van der Waals surface area contributed by atoms with Gasteiger partial charge in [0, 0.05) is 18.6 Å². The number of aryl methyl sites for hydroxylation is 1. The van der Waals surface area contributed by atoms with Gasteiger partial charge in [0.1, 0.15) is 5.01 Å². The molecule has 0 aliphatic heterocycles. The molecule has 23 heavy (non-hydrogen) atoms. The van der Waals surface area contributed by atoms with E-state index in [1.54, 1.807) is 12.0 Å². The van der Waals surface area contributed by atoms with Gasteiger partial charge in [-0.1, -0.05) is 47.6 Å². The Labute approximate surface area is 140 Å². The van der Waals surface area contributed by atoms with E-state index in [2.05, 4.69) is 29.3 Å². The summed E-state index contributed by atoms with van der Waals surface area (Å²) in [7, 11) is 1.64. The molecular formula is C17H21N3O2S. The lowest BCUT2D eigenvalue weighted by Gasteiger charge is -2.29. The number of hydrogen-bond donors (Lipinski definition) is 0. The summed E-state index contributed by atoms with van der Waals surface area (Å²) in [6.07, 6.45) is 3.09. The van der Waals surface area contributed by atoms with Gasteiger partial charge in [-0.25, -0.2) is 0 Å². The van der Waals surface area contributed by atoms with Crippen LogP contribution in [0.1, 0.15) is 24.8 Å². The lowest BCUT2D eigenvalue weighted by atomic mass is 9.84. The van der Waals surface area contributed by atoms with Crippen molar-refractivity contribution in [2.75, 3.05) is 25.2 Å². The largest absolute Gasteiger partial charge is 0.383 e. The van der Waals surface area contributed by atoms with Crippen LogP contribution in [0.5, 0.6) is 0 Å². The second-order valence-corrected chi connectivity index (χ2v) is 6.82. The smallest absolute Gasteiger partial charge is 0.232 e. The summed E-state index contributed by atoms with van der Waals surface area (Å²) in [6, 6.07) is 8.18. The highest BCUT2D eigenvalue weighted by atomic mass is 32.1. The minimum absolute atomic E-state index is 0.138. The molecule has 1 aliphatic rings. The Morgan fingerprint density at radius 2 is 2.04 bits per heavy atom. The fourth-order valence-corrected chi connectivity index (χ4v) is 3.38. The van der Waals surface area contributed by atoms with Crippen LogP contribution in [-0.4, -0.2) is 36.4 Å². The molecule has 0 unspecified atom stereocenters. The molecule has 0 radical (unpaired) electrons. The van der Waals surface area contributed by atoms with Crippen LogP contribution in [0.4, 0.5) is 5.13 Å². The molecule has 122 valence electrons. The molecular weight excluding hydrogens is 310 g/mol. The molecule has 0 N–H and O–H groups in total. The molecule has 0 saturated heterocycles. The Bertz CT molecular complexity index is 665. The Morgan fingerprint density at radius 3 is 2.65 bits per heavy atom. The molecule has 0 atom stereocenters. The molecule has 1 heterocycles. The second kappa shape index (κ2) is 7.19. The third kappa shape index (κ3) is 3.59. The van der Waals surface area contributed by atoms with Gasteiger partial charge in [0.05, 0.1) is 13.2 Å². The van der Waals surface area contributed by atoms with Gasteiger partial charge in [-0.15, -0.1) is 10.2 Å². The van der Waals surface area contributed by atoms with Crippen LogP contribution in [0.15, 0.2) is 24.3 Å². The Hall–Kier alpha value is -1.79. The van der Waals surface area contributed by atoms with Crippen LogP contribution >= 0.6 is 11.3 Å². The Balaban J connectivity index is 1.81. The Morgan fingerprint density at radius 1 is 1.30 bits per heavy atom. The van der Waals surface area contributed by atoms with Crippen molar-refractivity contribution >= 4 is 22.4 Å². The number of hydrogen-bond acceptors (Lipinski definition) is 5. The molecule has 2 aromatic rings. The molecule has 5 nitrogen and oxygen atoms in total. The predicted octanol–water partition coefficient (Wildman–Crippen LogP) is 3.29. The van der Waals surface area contributed by atoms with Crippen molar-refractivity contribution in [3.05, 3.63) is 29.8 Å². The van der Waals surface area contributed by atoms with Crippen molar-refractivity contribution < 1.29 is 9.53 Å². The number of nitrogens with zero attached hydrogens (tertiary/aromatic N) is 3. The van der Waals surface area contributed by atoms with Crippen LogP contribution in [-0.2, 0) is 9.53 Å². The lowest BCUT2D eigenvalue weighted by Crippen LogP contribution is -2.40. The van der Waals surface area contributed by atoms with E-state index in [-0.39, 0.29) is 11.8 Å². The monoisotopic (exact) mass is 331 g/mol. The lowest BCUT2D eigenvalue weighted by molar-refractivity contribution is -0.124. The summed E-state index contributed by atoms with van der Waals surface area (Å²) in [6.45, 7) is 3.07. The van der Waals surface area contributed by atoms with Crippen LogP contribution in [0.3, 0.4) is 0 Å². The number of ether oxygens (including phenoxy) is 1. The zero-order valence-corrected chi connectivity index (χ0v) is 14.3. The SMILES string of the molecule is COCCN(C(=O)C1CCC1)c1nnc(-c2ccc(C)cc2)s1. The summed E-state index contributed by atoms with van der Waals surface area (Å²) < 4.78 is 5.14. The molecule has 6 heteroatoms. The van der Waals surface area contributed by atoms with Gasteiger partial charge in [0.25, 0.3) is 0 Å². The molecule has 0 spiro atoms. The van der Waals surface area contributed by atoms with Crippen molar-refractivity contribution in [2.45, 2.75) is 26.2 Å². The van der Waals surface area contributed by atoms with Crippen molar-refractivity contribution in [1.29, 1.82) is 0 Å². The first-order chi connectivity index (χ1) is 11.2. The van der Waals surface area contributed by atoms with Crippen molar-refractivity contribution in [3.63, 3.8) is 0 Å². The minimum atomic E-state index is 0.138. The molecule has 1 aromatic heterocycles. The molecule has 1 aromatic carbocycles. The quantitative estimate of drug-likeness (QED) is 0.815. The van der Waals surface area contributed by atoms with E-state index >= 15 is 0 Å². The van der Waals surface area contributed by atoms with Gasteiger partial charge in [0.15, 0.2) is 0 Å². The van der Waals surface area contributed by atoms with Gasteiger partial charge >= 0.3 is 0 Å². The number of amides is 1. The van der Waals surface area contributed by atoms with E-state index in [0.29, 0.717) is 18.3 Å². The number of benzene rings is 1. The first kappa shape index (κ1) is 16.1. The number of carbonyl (C=O) groups excluding carboxylic acids is 1. The van der Waals surface area contributed by atoms with Crippen LogP contribution < -0.4 is 4.90 Å². The van der Waals surface area contributed by atoms with E-state index in [0.717, 1.165) is 29.8 Å². The number of carbonyl (C=O) groups is 1. The van der Waals surface area contributed by atoms with E-state index in [4.69, 9.17) is 4.74 Å². The molecule has 1 amide bonds. The Kier molecular flexibility index (Phi) is 5.03. The van der Waals surface area contributed by atoms with Crippen molar-refractivity contribution in [1.82, 2.24) is 10.2 Å². The van der Waals surface area contributed by atoms with Gasteiger partial charge < -0.3 is 4.74 Å². The zero-order chi connectivity index (χ0) is 16.2. The normalized spacial score (nSPS) is 14.5. The summed E-state index contributed by atoms with van der Waals surface area (Å²) in [4.78, 5) is 14.4. The number of rotatable bonds is 6. The number of aromatic nitrogens is 2. The molecule has 1 fully saturated rings. The van der Waals surface area contributed by atoms with Crippen molar-refractivity contribution in [2.24, 2.45) is 5.92 Å². The molecule has 1 saturated carbocycles. The number of methoxy groups -OCH3 is 1. The fraction of sp³-hybridized carbons (Fsp3) is 0.471. The topological polar surface area (TPSA) is 55.3 Å². The maximum Gasteiger partial charge on any atom is 0.232 e. The summed E-state index contributed by atoms with van der Waals surface area (Å²) in [5.41, 5.74) is 2.24. The van der Waals surface area contributed by atoms with Gasteiger partial charge in [-0.05, 0) is 19.8 Å². The second-order valence-electron chi connectivity index (χ2n) is 5.87. The highest BCUT2D eigenvalue weighted by Gasteiger charge is 2.31. The maximum atomic E-state index is 12.6. The standard InChI is InChI=1S/C17H21N3O2S/c1-12-6-8-13(9-7-12)15-18-19-17(23-15)20(10-11-22-2)16(21)14-4-3-5-14/h6-9,14H,3-5,10-11H2,1-2H3. The predicted molar refractivity (Wildman–Crippen MR) is 91.7 cm³/mol. The molecule has 0 bridgehead atoms. The van der Waals surface area contributed by atoms with E-state index in [9.17, 15) is 4.79 Å². The highest BCUT2D eigenvalue weighted by Crippen LogP contribution is 2.33. The van der Waals surface area contributed by atoms with Crippen LogP contribution in [0, 0.1) is 12.8 Å². The van der Waals surface area contributed by atoms with Crippen LogP contribution in [0.2, 0.25) is 0 Å². The number of anilines is 1. The summed E-state index contributed by atoms with van der Waals surface area (Å²) in [5, 5.41) is 10.0. The average Bonchev–Trinajstić information content (AvgIpc) is 2.96. The summed E-state index contributed by atoms with van der Waals surface area (Å²) >= 11 is 1.46. The third-order valence-corrected chi connectivity index (χ3v) is 5.18. The first-order valence-corrected chi connectivity index (χ1v) is 8.71. The average molecular weight is 331 g/mol.